The van der Waals surface area contributed by atoms with Crippen LogP contribution in [0, 0.1) is 5.92 Å². The monoisotopic (exact) mass is 236 g/mol. The second-order valence-corrected chi connectivity index (χ2v) is 5.08. The van der Waals surface area contributed by atoms with Crippen molar-refractivity contribution in [3.05, 3.63) is 11.6 Å². The Hall–Kier alpha value is -0.870. The first kappa shape index (κ1) is 12.6. The maximum Gasteiger partial charge on any atom is 0.142 e. The van der Waals surface area contributed by atoms with Gasteiger partial charge < -0.3 is 0 Å². The zero-order valence-electron chi connectivity index (χ0n) is 10.5. The molecule has 1 atom stereocenters. The topological polar surface area (TPSA) is 76.4 Å². The highest BCUT2D eigenvalue weighted by Crippen LogP contribution is 2.33. The number of rotatable bonds is 3. The summed E-state index contributed by atoms with van der Waals surface area (Å²) in [6.45, 7) is 0. The summed E-state index contributed by atoms with van der Waals surface area (Å²) in [5.74, 6) is 0.551. The smallest absolute Gasteiger partial charge is 0.142 e. The SMILES string of the molecule is NC(N)N/N=C1\CCCCC1C1=CCCCC1. The fraction of sp³-hybridized carbons (Fsp3) is 0.769. The van der Waals surface area contributed by atoms with Crippen LogP contribution in [0.15, 0.2) is 16.8 Å². The van der Waals surface area contributed by atoms with E-state index in [9.17, 15) is 0 Å². The number of nitrogens with zero attached hydrogens (tertiary/aromatic N) is 1. The Kier molecular flexibility index (Phi) is 4.57. The lowest BCUT2D eigenvalue weighted by atomic mass is 9.78. The Morgan fingerprint density at radius 3 is 2.71 bits per heavy atom. The molecule has 0 bridgehead atoms. The zero-order valence-corrected chi connectivity index (χ0v) is 10.5. The number of hydrazone groups is 1. The van der Waals surface area contributed by atoms with Crippen molar-refractivity contribution < 1.29 is 0 Å². The van der Waals surface area contributed by atoms with Crippen LogP contribution in [0.2, 0.25) is 0 Å². The van der Waals surface area contributed by atoms with Crippen LogP contribution in [0.25, 0.3) is 0 Å². The van der Waals surface area contributed by atoms with E-state index in [4.69, 9.17) is 11.5 Å². The van der Waals surface area contributed by atoms with Crippen LogP contribution in [0.1, 0.15) is 51.4 Å². The summed E-state index contributed by atoms with van der Waals surface area (Å²) < 4.78 is 0. The van der Waals surface area contributed by atoms with Crippen LogP contribution in [0.3, 0.4) is 0 Å². The molecule has 0 radical (unpaired) electrons. The lowest BCUT2D eigenvalue weighted by Gasteiger charge is -2.28. The Labute approximate surface area is 104 Å². The molecule has 4 nitrogen and oxygen atoms in total. The third-order valence-electron chi connectivity index (χ3n) is 3.71. The molecule has 1 saturated carbocycles. The van der Waals surface area contributed by atoms with Gasteiger partial charge >= 0.3 is 0 Å². The van der Waals surface area contributed by atoms with Gasteiger partial charge in [0.2, 0.25) is 0 Å². The van der Waals surface area contributed by atoms with Gasteiger partial charge in [0, 0.05) is 11.6 Å². The van der Waals surface area contributed by atoms with Gasteiger partial charge in [0.25, 0.3) is 0 Å². The molecular weight excluding hydrogens is 212 g/mol. The van der Waals surface area contributed by atoms with E-state index in [1.807, 2.05) is 0 Å². The van der Waals surface area contributed by atoms with Crippen molar-refractivity contribution in [3.8, 4) is 0 Å². The highest BCUT2D eigenvalue weighted by atomic mass is 15.4. The minimum Gasteiger partial charge on any atom is -0.298 e. The van der Waals surface area contributed by atoms with Crippen molar-refractivity contribution in [2.24, 2.45) is 22.5 Å². The average molecular weight is 236 g/mol. The van der Waals surface area contributed by atoms with Crippen LogP contribution in [-0.4, -0.2) is 12.0 Å². The molecule has 0 aromatic rings. The average Bonchev–Trinajstić information content (AvgIpc) is 2.38. The summed E-state index contributed by atoms with van der Waals surface area (Å²) in [5, 5.41) is 4.42. The normalized spacial score (nSPS) is 28.3. The molecule has 4 heteroatoms. The van der Waals surface area contributed by atoms with E-state index in [2.05, 4.69) is 16.6 Å². The number of allylic oxidation sites excluding steroid dienone is 2. The summed E-state index contributed by atoms with van der Waals surface area (Å²) >= 11 is 0. The van der Waals surface area contributed by atoms with Crippen LogP contribution in [0.4, 0.5) is 0 Å². The van der Waals surface area contributed by atoms with Crippen LogP contribution >= 0.6 is 0 Å². The van der Waals surface area contributed by atoms with Gasteiger partial charge in [0.15, 0.2) is 0 Å². The van der Waals surface area contributed by atoms with Crippen molar-refractivity contribution in [1.29, 1.82) is 0 Å². The van der Waals surface area contributed by atoms with E-state index in [-0.39, 0.29) is 0 Å². The highest BCUT2D eigenvalue weighted by molar-refractivity contribution is 5.89. The van der Waals surface area contributed by atoms with Crippen LogP contribution in [0.5, 0.6) is 0 Å². The largest absolute Gasteiger partial charge is 0.298 e. The number of hydrogen-bond donors (Lipinski definition) is 3. The first-order valence-corrected chi connectivity index (χ1v) is 6.79. The Bertz CT molecular complexity index is 307. The zero-order chi connectivity index (χ0) is 12.1. The number of nitrogens with one attached hydrogen (secondary N) is 1. The summed E-state index contributed by atoms with van der Waals surface area (Å²) in [4.78, 5) is 0. The molecule has 0 heterocycles. The molecule has 0 spiro atoms. The van der Waals surface area contributed by atoms with Crippen molar-refractivity contribution in [2.75, 3.05) is 0 Å². The van der Waals surface area contributed by atoms with Gasteiger partial charge in [-0.1, -0.05) is 18.1 Å². The molecule has 0 aliphatic heterocycles. The first-order chi connectivity index (χ1) is 8.27. The Morgan fingerprint density at radius 2 is 2.00 bits per heavy atom. The summed E-state index contributed by atoms with van der Waals surface area (Å²) in [5.41, 5.74) is 16.6. The molecule has 1 unspecified atom stereocenters. The third kappa shape index (κ3) is 3.54. The Balaban J connectivity index is 2.06. The second kappa shape index (κ2) is 6.17. The molecule has 2 aliphatic carbocycles. The quantitative estimate of drug-likeness (QED) is 0.397. The standard InChI is InChI=1S/C13H24N4/c14-13(15)17-16-12-9-5-4-8-11(12)10-6-2-1-3-7-10/h6,11,13,17H,1-5,7-9,14-15H2/b16-12+. The van der Waals surface area contributed by atoms with E-state index in [1.54, 1.807) is 5.57 Å². The lowest BCUT2D eigenvalue weighted by Crippen LogP contribution is -2.43. The first-order valence-electron chi connectivity index (χ1n) is 6.79. The Morgan fingerprint density at radius 1 is 1.18 bits per heavy atom. The fourth-order valence-electron chi connectivity index (χ4n) is 2.87. The molecule has 0 amide bonds. The predicted molar refractivity (Wildman–Crippen MR) is 71.2 cm³/mol. The molecule has 17 heavy (non-hydrogen) atoms. The highest BCUT2D eigenvalue weighted by Gasteiger charge is 2.24. The van der Waals surface area contributed by atoms with E-state index in [1.165, 1.54) is 50.7 Å². The third-order valence-corrected chi connectivity index (χ3v) is 3.71. The lowest BCUT2D eigenvalue weighted by molar-refractivity contribution is 0.518. The van der Waals surface area contributed by atoms with Gasteiger partial charge in [0.05, 0.1) is 0 Å². The van der Waals surface area contributed by atoms with Gasteiger partial charge in [0.1, 0.15) is 6.29 Å². The van der Waals surface area contributed by atoms with E-state index in [0.29, 0.717) is 5.92 Å². The molecule has 0 aromatic heterocycles. The van der Waals surface area contributed by atoms with Gasteiger partial charge in [-0.2, -0.15) is 5.10 Å². The number of nitrogens with two attached hydrogens (primary N) is 2. The molecule has 0 saturated heterocycles. The minimum atomic E-state index is -0.551. The molecular formula is C13H24N4. The van der Waals surface area contributed by atoms with Crippen molar-refractivity contribution in [3.63, 3.8) is 0 Å². The molecule has 2 aliphatic rings. The molecule has 5 N–H and O–H groups in total. The van der Waals surface area contributed by atoms with Gasteiger partial charge in [-0.3, -0.25) is 16.9 Å². The van der Waals surface area contributed by atoms with E-state index in [0.717, 1.165) is 6.42 Å². The minimum absolute atomic E-state index is 0.551. The summed E-state index contributed by atoms with van der Waals surface area (Å²) in [6, 6.07) is 0. The van der Waals surface area contributed by atoms with Crippen LogP contribution < -0.4 is 16.9 Å². The van der Waals surface area contributed by atoms with Gasteiger partial charge in [-0.05, 0) is 44.9 Å². The number of hydrogen-bond acceptors (Lipinski definition) is 4. The molecule has 1 fully saturated rings. The van der Waals surface area contributed by atoms with E-state index < -0.39 is 6.29 Å². The summed E-state index contributed by atoms with van der Waals surface area (Å²) in [6.07, 6.45) is 11.9. The maximum absolute atomic E-state index is 5.48. The fourth-order valence-corrected chi connectivity index (χ4v) is 2.87. The van der Waals surface area contributed by atoms with Crippen LogP contribution in [-0.2, 0) is 0 Å². The maximum atomic E-state index is 5.48. The van der Waals surface area contributed by atoms with Gasteiger partial charge in [-0.25, -0.2) is 0 Å². The second-order valence-electron chi connectivity index (χ2n) is 5.08. The molecule has 96 valence electrons. The van der Waals surface area contributed by atoms with E-state index >= 15 is 0 Å². The molecule has 2 rings (SSSR count). The predicted octanol–water partition coefficient (Wildman–Crippen LogP) is 1.82. The van der Waals surface area contributed by atoms with Crippen molar-refractivity contribution in [1.82, 2.24) is 5.43 Å². The molecule has 0 aromatic carbocycles. The van der Waals surface area contributed by atoms with Crippen molar-refractivity contribution in [2.45, 2.75) is 57.7 Å². The summed E-state index contributed by atoms with van der Waals surface area (Å²) in [7, 11) is 0. The van der Waals surface area contributed by atoms with Crippen molar-refractivity contribution >= 4 is 5.71 Å². The van der Waals surface area contributed by atoms with Gasteiger partial charge in [-0.15, -0.1) is 0 Å².